The summed E-state index contributed by atoms with van der Waals surface area (Å²) in [6.45, 7) is 3.55. The van der Waals surface area contributed by atoms with Crippen molar-refractivity contribution in [2.75, 3.05) is 25.6 Å². The number of hydrogen-bond acceptors (Lipinski definition) is 6. The molecule has 0 saturated heterocycles. The molecule has 1 aromatic heterocycles. The Labute approximate surface area is 146 Å². The Bertz CT molecular complexity index is 817. The summed E-state index contributed by atoms with van der Waals surface area (Å²) in [5.41, 5.74) is 3.03. The first-order chi connectivity index (χ1) is 12.2. The van der Waals surface area contributed by atoms with Crippen LogP contribution in [0.25, 0.3) is 11.4 Å². The molecule has 25 heavy (non-hydrogen) atoms. The van der Waals surface area contributed by atoms with Crippen molar-refractivity contribution in [1.29, 1.82) is 0 Å². The molecular weight excluding hydrogens is 318 g/mol. The van der Waals surface area contributed by atoms with Crippen LogP contribution in [-0.2, 0) is 11.3 Å². The number of anilines is 1. The number of ether oxygens (including phenoxy) is 2. The summed E-state index contributed by atoms with van der Waals surface area (Å²) in [5.74, 6) is 1.91. The Kier molecular flexibility index (Phi) is 5.64. The standard InChI is InChI=1S/C19H21N3O3/c1-14-5-3-6-15(11-14)19-21-18(25-22-19)13-20-16-7-4-8-17(12-16)24-10-9-23-2/h3-8,11-12,20H,9-10,13H2,1-2H3. The molecule has 2 aromatic carbocycles. The predicted octanol–water partition coefficient (Wildman–Crippen LogP) is 3.68. The lowest BCUT2D eigenvalue weighted by Gasteiger charge is -2.08. The number of aromatic nitrogens is 2. The Morgan fingerprint density at radius 1 is 1.08 bits per heavy atom. The van der Waals surface area contributed by atoms with Crippen molar-refractivity contribution in [3.8, 4) is 17.1 Å². The van der Waals surface area contributed by atoms with E-state index in [1.54, 1.807) is 7.11 Å². The molecule has 0 atom stereocenters. The van der Waals surface area contributed by atoms with Crippen LogP contribution in [0, 0.1) is 6.92 Å². The molecule has 0 saturated carbocycles. The third kappa shape index (κ3) is 4.81. The molecule has 0 radical (unpaired) electrons. The third-order valence-corrected chi connectivity index (χ3v) is 3.58. The van der Waals surface area contributed by atoms with Gasteiger partial charge in [0.25, 0.3) is 0 Å². The van der Waals surface area contributed by atoms with Crippen LogP contribution in [0.4, 0.5) is 5.69 Å². The highest BCUT2D eigenvalue weighted by molar-refractivity contribution is 5.55. The smallest absolute Gasteiger partial charge is 0.246 e. The van der Waals surface area contributed by atoms with E-state index in [4.69, 9.17) is 14.0 Å². The summed E-state index contributed by atoms with van der Waals surface area (Å²) < 4.78 is 15.9. The van der Waals surface area contributed by atoms with E-state index < -0.39 is 0 Å². The Balaban J connectivity index is 1.60. The van der Waals surface area contributed by atoms with Crippen LogP contribution in [0.5, 0.6) is 5.75 Å². The van der Waals surface area contributed by atoms with Gasteiger partial charge in [0, 0.05) is 24.4 Å². The van der Waals surface area contributed by atoms with Crippen LogP contribution < -0.4 is 10.1 Å². The minimum atomic E-state index is 0.445. The maximum Gasteiger partial charge on any atom is 0.246 e. The molecule has 1 N–H and O–H groups in total. The summed E-state index contributed by atoms with van der Waals surface area (Å²) in [5, 5.41) is 7.30. The summed E-state index contributed by atoms with van der Waals surface area (Å²) >= 11 is 0. The van der Waals surface area contributed by atoms with Crippen molar-refractivity contribution < 1.29 is 14.0 Å². The van der Waals surface area contributed by atoms with Gasteiger partial charge in [0.15, 0.2) is 0 Å². The number of rotatable bonds is 8. The van der Waals surface area contributed by atoms with E-state index in [0.29, 0.717) is 31.5 Å². The highest BCUT2D eigenvalue weighted by atomic mass is 16.5. The highest BCUT2D eigenvalue weighted by Crippen LogP contribution is 2.19. The van der Waals surface area contributed by atoms with Crippen molar-refractivity contribution >= 4 is 5.69 Å². The maximum atomic E-state index is 5.60. The van der Waals surface area contributed by atoms with Crippen molar-refractivity contribution in [3.05, 3.63) is 60.0 Å². The van der Waals surface area contributed by atoms with Gasteiger partial charge in [-0.05, 0) is 25.1 Å². The molecule has 0 aliphatic carbocycles. The van der Waals surface area contributed by atoms with E-state index in [1.807, 2.05) is 55.5 Å². The van der Waals surface area contributed by atoms with E-state index in [-0.39, 0.29) is 0 Å². The lowest BCUT2D eigenvalue weighted by atomic mass is 10.1. The Morgan fingerprint density at radius 3 is 2.80 bits per heavy atom. The lowest BCUT2D eigenvalue weighted by molar-refractivity contribution is 0.146. The van der Waals surface area contributed by atoms with Gasteiger partial charge in [-0.25, -0.2) is 0 Å². The van der Waals surface area contributed by atoms with E-state index in [0.717, 1.165) is 22.6 Å². The van der Waals surface area contributed by atoms with Gasteiger partial charge in [0.2, 0.25) is 11.7 Å². The third-order valence-electron chi connectivity index (χ3n) is 3.58. The molecular formula is C19H21N3O3. The molecule has 0 bridgehead atoms. The van der Waals surface area contributed by atoms with E-state index in [2.05, 4.69) is 15.5 Å². The number of nitrogens with zero attached hydrogens (tertiary/aromatic N) is 2. The zero-order valence-electron chi connectivity index (χ0n) is 14.4. The number of aryl methyl sites for hydroxylation is 1. The minimum Gasteiger partial charge on any atom is -0.491 e. The largest absolute Gasteiger partial charge is 0.491 e. The molecule has 6 heteroatoms. The summed E-state index contributed by atoms with van der Waals surface area (Å²) in [7, 11) is 1.65. The van der Waals surface area contributed by atoms with Crippen LogP contribution in [0.3, 0.4) is 0 Å². The predicted molar refractivity (Wildman–Crippen MR) is 95.6 cm³/mol. The molecule has 130 valence electrons. The lowest BCUT2D eigenvalue weighted by Crippen LogP contribution is -2.05. The van der Waals surface area contributed by atoms with Gasteiger partial charge in [-0.2, -0.15) is 4.98 Å². The van der Waals surface area contributed by atoms with Gasteiger partial charge in [0.05, 0.1) is 13.2 Å². The quantitative estimate of drug-likeness (QED) is 0.631. The monoisotopic (exact) mass is 339 g/mol. The zero-order chi connectivity index (χ0) is 17.5. The van der Waals surface area contributed by atoms with Crippen LogP contribution >= 0.6 is 0 Å². The summed E-state index contributed by atoms with van der Waals surface area (Å²) in [6.07, 6.45) is 0. The van der Waals surface area contributed by atoms with Crippen LogP contribution in [0.1, 0.15) is 11.5 Å². The minimum absolute atomic E-state index is 0.445. The average molecular weight is 339 g/mol. The number of nitrogens with one attached hydrogen (secondary N) is 1. The molecule has 0 spiro atoms. The zero-order valence-corrected chi connectivity index (χ0v) is 14.4. The Morgan fingerprint density at radius 2 is 1.96 bits per heavy atom. The number of methoxy groups -OCH3 is 1. The topological polar surface area (TPSA) is 69.4 Å². The van der Waals surface area contributed by atoms with Crippen molar-refractivity contribution in [3.63, 3.8) is 0 Å². The van der Waals surface area contributed by atoms with Crippen LogP contribution in [0.15, 0.2) is 53.1 Å². The van der Waals surface area contributed by atoms with Gasteiger partial charge in [-0.1, -0.05) is 35.0 Å². The van der Waals surface area contributed by atoms with Gasteiger partial charge in [0.1, 0.15) is 12.4 Å². The number of hydrogen-bond donors (Lipinski definition) is 1. The molecule has 0 aliphatic rings. The maximum absolute atomic E-state index is 5.60. The summed E-state index contributed by atoms with van der Waals surface area (Å²) in [6, 6.07) is 15.7. The summed E-state index contributed by atoms with van der Waals surface area (Å²) in [4.78, 5) is 4.43. The van der Waals surface area contributed by atoms with Gasteiger partial charge in [-0.3, -0.25) is 0 Å². The van der Waals surface area contributed by atoms with Crippen molar-refractivity contribution in [2.45, 2.75) is 13.5 Å². The first-order valence-electron chi connectivity index (χ1n) is 8.10. The molecule has 6 nitrogen and oxygen atoms in total. The first-order valence-corrected chi connectivity index (χ1v) is 8.10. The molecule has 1 heterocycles. The second-order valence-corrected chi connectivity index (χ2v) is 5.60. The van der Waals surface area contributed by atoms with Crippen LogP contribution in [0.2, 0.25) is 0 Å². The van der Waals surface area contributed by atoms with Crippen molar-refractivity contribution in [2.24, 2.45) is 0 Å². The second-order valence-electron chi connectivity index (χ2n) is 5.60. The van der Waals surface area contributed by atoms with Crippen molar-refractivity contribution in [1.82, 2.24) is 10.1 Å². The normalized spacial score (nSPS) is 10.6. The molecule has 3 aromatic rings. The molecule has 0 amide bonds. The fourth-order valence-electron chi connectivity index (χ4n) is 2.34. The molecule has 3 rings (SSSR count). The second kappa shape index (κ2) is 8.30. The van der Waals surface area contributed by atoms with E-state index >= 15 is 0 Å². The molecule has 0 aliphatic heterocycles. The van der Waals surface area contributed by atoms with E-state index in [9.17, 15) is 0 Å². The van der Waals surface area contributed by atoms with Gasteiger partial charge in [-0.15, -0.1) is 0 Å². The SMILES string of the molecule is COCCOc1cccc(NCc2nc(-c3cccc(C)c3)no2)c1. The van der Waals surface area contributed by atoms with E-state index in [1.165, 1.54) is 0 Å². The average Bonchev–Trinajstić information content (AvgIpc) is 3.10. The van der Waals surface area contributed by atoms with Crippen LogP contribution in [-0.4, -0.2) is 30.5 Å². The first kappa shape index (κ1) is 17.0. The fourth-order valence-corrected chi connectivity index (χ4v) is 2.34. The Hall–Kier alpha value is -2.86. The number of benzene rings is 2. The van der Waals surface area contributed by atoms with Gasteiger partial charge < -0.3 is 19.3 Å². The fraction of sp³-hybridized carbons (Fsp3) is 0.263. The molecule has 0 fully saturated rings. The molecule has 0 unspecified atom stereocenters. The van der Waals surface area contributed by atoms with Gasteiger partial charge >= 0.3 is 0 Å². The highest BCUT2D eigenvalue weighted by Gasteiger charge is 2.08.